The fourth-order valence-electron chi connectivity index (χ4n) is 5.26. The maximum atomic E-state index is 13.9. The van der Waals surface area contributed by atoms with Gasteiger partial charge in [0.15, 0.2) is 0 Å². The highest BCUT2D eigenvalue weighted by atomic mass is 79.9. The van der Waals surface area contributed by atoms with Gasteiger partial charge in [0.05, 0.1) is 22.2 Å². The molecule has 4 aromatic rings. The Labute approximate surface area is 253 Å². The molecule has 0 saturated carbocycles. The number of thiazole rings is 1. The van der Waals surface area contributed by atoms with E-state index in [4.69, 9.17) is 0 Å². The molecule has 13 heteroatoms. The van der Waals surface area contributed by atoms with Gasteiger partial charge in [0, 0.05) is 21.0 Å². The van der Waals surface area contributed by atoms with E-state index in [-0.39, 0.29) is 12.2 Å². The number of para-hydroxylation sites is 1. The highest BCUT2D eigenvalue weighted by Crippen LogP contribution is 2.54. The normalized spacial score (nSPS) is 19.9. The van der Waals surface area contributed by atoms with Crippen LogP contribution in [0.4, 0.5) is 24.5 Å². The topological polar surface area (TPSA) is 88.5 Å². The average Bonchev–Trinajstić information content (AvgIpc) is 3.39. The molecule has 0 bridgehead atoms. The van der Waals surface area contributed by atoms with Crippen LogP contribution in [0.3, 0.4) is 0 Å². The molecular formula is C29H19BrF3N3O4S2. The van der Waals surface area contributed by atoms with Crippen LogP contribution in [0.15, 0.2) is 93.2 Å². The quantitative estimate of drug-likeness (QED) is 0.258. The molecule has 0 aliphatic carbocycles. The lowest BCUT2D eigenvalue weighted by Crippen LogP contribution is -2.33. The molecule has 42 heavy (non-hydrogen) atoms. The van der Waals surface area contributed by atoms with Crippen molar-refractivity contribution >= 4 is 68.1 Å². The number of imide groups is 1. The minimum atomic E-state index is -4.66. The van der Waals surface area contributed by atoms with Gasteiger partial charge in [-0.1, -0.05) is 75.4 Å². The van der Waals surface area contributed by atoms with Crippen molar-refractivity contribution in [3.63, 3.8) is 0 Å². The van der Waals surface area contributed by atoms with Crippen LogP contribution in [-0.2, 0) is 27.1 Å². The van der Waals surface area contributed by atoms with E-state index in [0.717, 1.165) is 46.2 Å². The lowest BCUT2D eigenvalue weighted by Gasteiger charge is -2.30. The van der Waals surface area contributed by atoms with Crippen molar-refractivity contribution in [2.75, 3.05) is 10.2 Å². The molecule has 1 fully saturated rings. The molecule has 1 saturated heterocycles. The smallest absolute Gasteiger partial charge is 0.325 e. The first-order valence-corrected chi connectivity index (χ1v) is 15.1. The van der Waals surface area contributed by atoms with Gasteiger partial charge < -0.3 is 5.32 Å². The predicted molar refractivity (Wildman–Crippen MR) is 157 cm³/mol. The number of fused-ring (bicyclic) bond motifs is 2. The summed E-state index contributed by atoms with van der Waals surface area (Å²) < 4.78 is 42.4. The molecule has 1 aromatic heterocycles. The van der Waals surface area contributed by atoms with Gasteiger partial charge in [-0.3, -0.25) is 23.7 Å². The molecule has 3 amide bonds. The fraction of sp³-hybridized carbons (Fsp3) is 0.172. The van der Waals surface area contributed by atoms with Gasteiger partial charge in [0.2, 0.25) is 17.7 Å². The summed E-state index contributed by atoms with van der Waals surface area (Å²) in [6.45, 7) is -0.325. The van der Waals surface area contributed by atoms with Crippen LogP contribution >= 0.6 is 39.0 Å². The van der Waals surface area contributed by atoms with Crippen molar-refractivity contribution in [1.29, 1.82) is 0 Å². The summed E-state index contributed by atoms with van der Waals surface area (Å²) in [5, 5.41) is 2.10. The Morgan fingerprint density at radius 1 is 0.929 bits per heavy atom. The number of nitrogens with zero attached hydrogens (tertiary/aromatic N) is 2. The summed E-state index contributed by atoms with van der Waals surface area (Å²) in [5.74, 6) is -3.51. The minimum Gasteiger partial charge on any atom is -0.325 e. The van der Waals surface area contributed by atoms with Crippen LogP contribution in [0.25, 0.3) is 0 Å². The molecule has 3 aromatic carbocycles. The highest BCUT2D eigenvalue weighted by molar-refractivity contribution is 9.10. The van der Waals surface area contributed by atoms with Gasteiger partial charge in [-0.25, -0.2) is 4.90 Å². The molecular weight excluding hydrogens is 655 g/mol. The van der Waals surface area contributed by atoms with E-state index in [2.05, 4.69) is 21.2 Å². The minimum absolute atomic E-state index is 0.175. The zero-order valence-electron chi connectivity index (χ0n) is 21.3. The number of thioether (sulfide) groups is 1. The van der Waals surface area contributed by atoms with Gasteiger partial charge in [0.25, 0.3) is 0 Å². The maximum absolute atomic E-state index is 13.9. The lowest BCUT2D eigenvalue weighted by atomic mass is 9.83. The Morgan fingerprint density at radius 3 is 2.38 bits per heavy atom. The molecule has 3 heterocycles. The van der Waals surface area contributed by atoms with Crippen LogP contribution in [0.5, 0.6) is 0 Å². The molecule has 1 N–H and O–H groups in total. The maximum Gasteiger partial charge on any atom is 0.416 e. The molecule has 2 aliphatic rings. The largest absolute Gasteiger partial charge is 0.416 e. The zero-order chi connectivity index (χ0) is 29.8. The van der Waals surface area contributed by atoms with Crippen molar-refractivity contribution in [3.05, 3.63) is 109 Å². The van der Waals surface area contributed by atoms with E-state index < -0.39 is 51.4 Å². The molecule has 0 spiro atoms. The standard InChI is InChI=1S/C29H19BrF3N3O4S2/c30-17-8-4-6-15(12-17)21-22-23(26(39)36(25(22)38)19-11-5-7-16(13-19)29(31,32)33)41-27-24(21)42-28(40)35(27)14-20(37)34-18-9-2-1-3-10-18/h1-13,21-23H,14H2,(H,34,37)/t21-,22-,23+/m0/s1. The Morgan fingerprint density at radius 2 is 1.67 bits per heavy atom. The van der Waals surface area contributed by atoms with Gasteiger partial charge in [-0.05, 0) is 48.0 Å². The number of carbonyl (C=O) groups is 3. The number of benzene rings is 3. The second kappa shape index (κ2) is 10.9. The first-order valence-electron chi connectivity index (χ1n) is 12.6. The first kappa shape index (κ1) is 28.4. The Balaban J connectivity index is 1.42. The summed E-state index contributed by atoms with van der Waals surface area (Å²) in [6.07, 6.45) is -4.66. The van der Waals surface area contributed by atoms with Crippen molar-refractivity contribution in [1.82, 2.24) is 4.57 Å². The van der Waals surface area contributed by atoms with Crippen molar-refractivity contribution in [3.8, 4) is 0 Å². The molecule has 2 aliphatic heterocycles. The third-order valence-electron chi connectivity index (χ3n) is 7.05. The second-order valence-corrected chi connectivity index (χ2v) is 12.7. The number of anilines is 2. The SMILES string of the molecule is O=C(Cn1c2c(sc1=O)[C@@H](c1cccc(Br)c1)[C@@H]1C(=O)N(c3cccc(C(F)(F)F)c3)C(=O)[C@@H]1S2)Nc1ccccc1. The van der Waals surface area contributed by atoms with Gasteiger partial charge in [-0.2, -0.15) is 13.2 Å². The van der Waals surface area contributed by atoms with Crippen LogP contribution in [0.2, 0.25) is 0 Å². The number of hydrogen-bond donors (Lipinski definition) is 1. The zero-order valence-corrected chi connectivity index (χ0v) is 24.5. The van der Waals surface area contributed by atoms with Crippen molar-refractivity contribution in [2.45, 2.75) is 28.9 Å². The van der Waals surface area contributed by atoms with E-state index in [1.54, 1.807) is 54.6 Å². The average molecular weight is 675 g/mol. The number of nitrogens with one attached hydrogen (secondary N) is 1. The molecule has 6 rings (SSSR count). The van der Waals surface area contributed by atoms with Gasteiger partial charge in [0.1, 0.15) is 11.8 Å². The van der Waals surface area contributed by atoms with Gasteiger partial charge in [-0.15, -0.1) is 0 Å². The molecule has 0 radical (unpaired) electrons. The summed E-state index contributed by atoms with van der Waals surface area (Å²) in [6, 6.07) is 19.9. The van der Waals surface area contributed by atoms with Crippen LogP contribution in [0, 0.1) is 5.92 Å². The van der Waals surface area contributed by atoms with E-state index in [1.807, 2.05) is 0 Å². The van der Waals surface area contributed by atoms with E-state index in [9.17, 15) is 32.3 Å². The summed E-state index contributed by atoms with van der Waals surface area (Å²) in [5.41, 5.74) is 0.0395. The lowest BCUT2D eigenvalue weighted by molar-refractivity contribution is -0.137. The number of halogens is 4. The number of rotatable bonds is 5. The molecule has 7 nitrogen and oxygen atoms in total. The number of amides is 3. The van der Waals surface area contributed by atoms with Gasteiger partial charge >= 0.3 is 11.0 Å². The van der Waals surface area contributed by atoms with E-state index in [1.165, 1.54) is 10.6 Å². The summed E-state index contributed by atoms with van der Waals surface area (Å²) in [7, 11) is 0. The highest BCUT2D eigenvalue weighted by Gasteiger charge is 2.57. The number of carbonyl (C=O) groups excluding carboxylic acids is 3. The number of hydrogen-bond acceptors (Lipinski definition) is 6. The van der Waals surface area contributed by atoms with Crippen LogP contribution in [-0.4, -0.2) is 27.5 Å². The molecule has 0 unspecified atom stereocenters. The van der Waals surface area contributed by atoms with E-state index >= 15 is 0 Å². The predicted octanol–water partition coefficient (Wildman–Crippen LogP) is 6.13. The van der Waals surface area contributed by atoms with Crippen LogP contribution in [0.1, 0.15) is 21.9 Å². The Kier molecular flexibility index (Phi) is 7.36. The van der Waals surface area contributed by atoms with Crippen molar-refractivity contribution < 1.29 is 27.6 Å². The molecule has 214 valence electrons. The summed E-state index contributed by atoms with van der Waals surface area (Å²) >= 11 is 5.32. The second-order valence-electron chi connectivity index (χ2n) is 9.69. The monoisotopic (exact) mass is 673 g/mol. The fourth-order valence-corrected chi connectivity index (χ4v) is 8.45. The third kappa shape index (κ3) is 5.09. The number of aromatic nitrogens is 1. The Hall–Kier alpha value is -3.68. The third-order valence-corrected chi connectivity index (χ3v) is 10.1. The Bertz CT molecular complexity index is 1790. The summed E-state index contributed by atoms with van der Waals surface area (Å²) in [4.78, 5) is 54.7. The molecule has 3 atom stereocenters. The number of alkyl halides is 3. The first-order chi connectivity index (χ1) is 20.0. The van der Waals surface area contributed by atoms with Crippen molar-refractivity contribution in [2.24, 2.45) is 5.92 Å². The van der Waals surface area contributed by atoms with E-state index in [0.29, 0.717) is 25.6 Å². The van der Waals surface area contributed by atoms with Crippen LogP contribution < -0.4 is 15.1 Å².